The number of hydrogen-bond donors (Lipinski definition) is 2. The van der Waals surface area contributed by atoms with E-state index in [0.717, 1.165) is 5.65 Å². The summed E-state index contributed by atoms with van der Waals surface area (Å²) in [4.78, 5) is 4.47. The second kappa shape index (κ2) is 11.4. The van der Waals surface area contributed by atoms with Crippen molar-refractivity contribution in [3.05, 3.63) is 30.2 Å². The van der Waals surface area contributed by atoms with E-state index in [4.69, 9.17) is 0 Å². The van der Waals surface area contributed by atoms with E-state index in [0.29, 0.717) is 38.0 Å². The molecule has 0 aliphatic carbocycles. The smallest absolute Gasteiger partial charge is 0.215 e. The Kier molecular flexibility index (Phi) is 9.94. The molecule has 0 fully saturated rings. The van der Waals surface area contributed by atoms with Gasteiger partial charge in [-0.1, -0.05) is 19.9 Å². The van der Waals surface area contributed by atoms with Crippen molar-refractivity contribution in [1.29, 1.82) is 0 Å². The molecule has 27 heavy (non-hydrogen) atoms. The number of sulfonamides is 1. The van der Waals surface area contributed by atoms with Gasteiger partial charge in [0.25, 0.3) is 0 Å². The highest BCUT2D eigenvalue weighted by atomic mass is 127. The first-order valence-corrected chi connectivity index (χ1v) is 10.4. The van der Waals surface area contributed by atoms with Gasteiger partial charge in [0.05, 0.1) is 5.75 Å². The lowest BCUT2D eigenvalue weighted by Gasteiger charge is -2.19. The molecule has 2 aromatic heterocycles. The Balaban J connectivity index is 0.00000364. The largest absolute Gasteiger partial charge is 0.357 e. The van der Waals surface area contributed by atoms with Gasteiger partial charge < -0.3 is 10.6 Å². The highest BCUT2D eigenvalue weighted by Gasteiger charge is 2.18. The summed E-state index contributed by atoms with van der Waals surface area (Å²) in [7, 11) is -3.26. The Morgan fingerprint density at radius 1 is 1.19 bits per heavy atom. The molecule has 2 N–H and O–H groups in total. The van der Waals surface area contributed by atoms with Gasteiger partial charge in [-0.25, -0.2) is 17.7 Å². The fourth-order valence-corrected chi connectivity index (χ4v) is 3.94. The van der Waals surface area contributed by atoms with E-state index in [-0.39, 0.29) is 36.3 Å². The Morgan fingerprint density at radius 2 is 1.93 bits per heavy atom. The minimum Gasteiger partial charge on any atom is -0.357 e. The minimum atomic E-state index is -3.26. The van der Waals surface area contributed by atoms with E-state index in [2.05, 4.69) is 25.8 Å². The SMILES string of the molecule is CCNC(=NCc1nnc2ccccn12)NCCS(=O)(=O)N(CC)CC.I. The van der Waals surface area contributed by atoms with Gasteiger partial charge in [-0.05, 0) is 19.1 Å². The average molecular weight is 509 g/mol. The Bertz CT molecular complexity index is 834. The summed E-state index contributed by atoms with van der Waals surface area (Å²) in [6.45, 7) is 7.88. The molecule has 0 radical (unpaired) electrons. The molecule has 0 saturated heterocycles. The van der Waals surface area contributed by atoms with E-state index < -0.39 is 10.0 Å². The lowest BCUT2D eigenvalue weighted by atomic mass is 10.4. The molecule has 2 heterocycles. The maximum atomic E-state index is 12.2. The second-order valence-electron chi connectivity index (χ2n) is 5.57. The van der Waals surface area contributed by atoms with Crippen LogP contribution in [-0.2, 0) is 16.6 Å². The van der Waals surface area contributed by atoms with Crippen LogP contribution in [0, 0.1) is 0 Å². The molecule has 0 saturated carbocycles. The molecule has 2 rings (SSSR count). The molecule has 0 aliphatic heterocycles. The van der Waals surface area contributed by atoms with Crippen molar-refractivity contribution in [2.45, 2.75) is 27.3 Å². The molecule has 2 aromatic rings. The fraction of sp³-hybridized carbons (Fsp3) is 0.562. The third kappa shape index (κ3) is 6.57. The predicted octanol–water partition coefficient (Wildman–Crippen LogP) is 1.07. The van der Waals surface area contributed by atoms with E-state index in [1.165, 1.54) is 4.31 Å². The Morgan fingerprint density at radius 3 is 2.59 bits per heavy atom. The third-order valence-corrected chi connectivity index (χ3v) is 5.88. The van der Waals surface area contributed by atoms with Gasteiger partial charge in [0, 0.05) is 32.4 Å². The summed E-state index contributed by atoms with van der Waals surface area (Å²) < 4.78 is 27.8. The lowest BCUT2D eigenvalue weighted by molar-refractivity contribution is 0.445. The zero-order chi connectivity index (χ0) is 19.0. The van der Waals surface area contributed by atoms with Gasteiger partial charge in [0.2, 0.25) is 10.0 Å². The van der Waals surface area contributed by atoms with E-state index in [9.17, 15) is 8.42 Å². The molecule has 152 valence electrons. The van der Waals surface area contributed by atoms with Crippen LogP contribution in [-0.4, -0.2) is 65.2 Å². The van der Waals surface area contributed by atoms with Crippen LogP contribution in [0.2, 0.25) is 0 Å². The van der Waals surface area contributed by atoms with Crippen LogP contribution < -0.4 is 10.6 Å². The molecular formula is C16H28IN7O2S. The number of pyridine rings is 1. The molecule has 11 heteroatoms. The second-order valence-corrected chi connectivity index (χ2v) is 7.66. The van der Waals surface area contributed by atoms with Gasteiger partial charge in [-0.15, -0.1) is 34.2 Å². The highest BCUT2D eigenvalue weighted by Crippen LogP contribution is 2.04. The van der Waals surface area contributed by atoms with E-state index in [1.807, 2.05) is 49.6 Å². The lowest BCUT2D eigenvalue weighted by Crippen LogP contribution is -2.42. The molecule has 0 unspecified atom stereocenters. The van der Waals surface area contributed by atoms with Crippen molar-refractivity contribution < 1.29 is 8.42 Å². The van der Waals surface area contributed by atoms with E-state index >= 15 is 0 Å². The molecule has 0 aliphatic rings. The number of nitrogens with zero attached hydrogens (tertiary/aromatic N) is 5. The van der Waals surface area contributed by atoms with Crippen LogP contribution in [0.25, 0.3) is 5.65 Å². The summed E-state index contributed by atoms with van der Waals surface area (Å²) in [6.07, 6.45) is 1.89. The summed E-state index contributed by atoms with van der Waals surface area (Å²) in [5.41, 5.74) is 0.765. The van der Waals surface area contributed by atoms with Crippen LogP contribution >= 0.6 is 24.0 Å². The Hall–Kier alpha value is -1.47. The monoisotopic (exact) mass is 509 g/mol. The van der Waals surface area contributed by atoms with Crippen LogP contribution in [0.3, 0.4) is 0 Å². The van der Waals surface area contributed by atoms with Crippen LogP contribution in [0.15, 0.2) is 29.4 Å². The van der Waals surface area contributed by atoms with Crippen molar-refractivity contribution in [3.8, 4) is 0 Å². The number of rotatable bonds is 9. The number of halogens is 1. The zero-order valence-electron chi connectivity index (χ0n) is 15.9. The van der Waals surface area contributed by atoms with Gasteiger partial charge in [-0.3, -0.25) is 4.40 Å². The maximum Gasteiger partial charge on any atom is 0.215 e. The summed E-state index contributed by atoms with van der Waals surface area (Å²) >= 11 is 0. The number of aliphatic imine (C=N–C) groups is 1. The third-order valence-electron chi connectivity index (χ3n) is 3.86. The molecule has 0 amide bonds. The molecule has 0 spiro atoms. The normalized spacial score (nSPS) is 12.2. The van der Waals surface area contributed by atoms with Gasteiger partial charge in [0.1, 0.15) is 6.54 Å². The first-order valence-electron chi connectivity index (χ1n) is 8.80. The van der Waals surface area contributed by atoms with Gasteiger partial charge in [-0.2, -0.15) is 0 Å². The van der Waals surface area contributed by atoms with Crippen molar-refractivity contribution in [1.82, 2.24) is 29.5 Å². The van der Waals surface area contributed by atoms with E-state index in [1.54, 1.807) is 0 Å². The number of nitrogens with one attached hydrogen (secondary N) is 2. The predicted molar refractivity (Wildman–Crippen MR) is 118 cm³/mol. The first kappa shape index (κ1) is 23.6. The number of guanidine groups is 1. The topological polar surface area (TPSA) is 104 Å². The zero-order valence-corrected chi connectivity index (χ0v) is 19.1. The first-order chi connectivity index (χ1) is 12.5. The maximum absolute atomic E-state index is 12.2. The van der Waals surface area contributed by atoms with Crippen LogP contribution in [0.1, 0.15) is 26.6 Å². The van der Waals surface area contributed by atoms with Gasteiger partial charge >= 0.3 is 0 Å². The van der Waals surface area contributed by atoms with Crippen molar-refractivity contribution in [2.24, 2.45) is 4.99 Å². The number of hydrogen-bond acceptors (Lipinski definition) is 5. The van der Waals surface area contributed by atoms with Crippen LogP contribution in [0.5, 0.6) is 0 Å². The standard InChI is InChI=1S/C16H27N7O2S.HI/c1-4-17-16(18-10-12-26(24,25)22(5-2)6-3)19-13-15-21-20-14-9-7-8-11-23(14)15;/h7-9,11H,4-6,10,12-13H2,1-3H3,(H2,17,18,19);1H. The summed E-state index contributed by atoms with van der Waals surface area (Å²) in [5, 5.41) is 14.4. The van der Waals surface area contributed by atoms with Crippen molar-refractivity contribution in [2.75, 3.05) is 31.9 Å². The van der Waals surface area contributed by atoms with Crippen molar-refractivity contribution >= 4 is 45.6 Å². The molecule has 0 atom stereocenters. The van der Waals surface area contributed by atoms with Crippen LogP contribution in [0.4, 0.5) is 0 Å². The number of aromatic nitrogens is 3. The minimum absolute atomic E-state index is 0. The van der Waals surface area contributed by atoms with Crippen molar-refractivity contribution in [3.63, 3.8) is 0 Å². The summed E-state index contributed by atoms with van der Waals surface area (Å²) in [6, 6.07) is 5.69. The molecule has 0 aromatic carbocycles. The van der Waals surface area contributed by atoms with Gasteiger partial charge in [0.15, 0.2) is 17.4 Å². The number of fused-ring (bicyclic) bond motifs is 1. The average Bonchev–Trinajstić information content (AvgIpc) is 3.03. The quantitative estimate of drug-likeness (QED) is 0.298. The fourth-order valence-electron chi connectivity index (χ4n) is 2.53. The molecule has 0 bridgehead atoms. The summed E-state index contributed by atoms with van der Waals surface area (Å²) in [5.74, 6) is 1.29. The Labute approximate surface area is 177 Å². The molecule has 9 nitrogen and oxygen atoms in total. The highest BCUT2D eigenvalue weighted by molar-refractivity contribution is 14.0. The molecular weight excluding hydrogens is 481 g/mol.